The molecule has 1 aromatic rings. The number of nitrogens with zero attached hydrogens (tertiary/aromatic N) is 2. The van der Waals surface area contributed by atoms with Crippen LogP contribution in [0.3, 0.4) is 0 Å². The van der Waals surface area contributed by atoms with E-state index in [1.165, 1.54) is 13.8 Å². The first-order valence-corrected chi connectivity index (χ1v) is 3.56. The van der Waals surface area contributed by atoms with Crippen molar-refractivity contribution >= 4 is 11.9 Å². The third kappa shape index (κ3) is 2.55. The van der Waals surface area contributed by atoms with Crippen molar-refractivity contribution in [3.63, 3.8) is 0 Å². The van der Waals surface area contributed by atoms with Gasteiger partial charge in [-0.15, -0.1) is 10.2 Å². The van der Waals surface area contributed by atoms with Crippen molar-refractivity contribution in [1.82, 2.24) is 20.6 Å². The molecule has 70 valence electrons. The van der Waals surface area contributed by atoms with Crippen LogP contribution in [0.15, 0.2) is 4.79 Å². The molecule has 1 amide bonds. The van der Waals surface area contributed by atoms with E-state index in [1.54, 1.807) is 0 Å². The lowest BCUT2D eigenvalue weighted by Crippen LogP contribution is -2.29. The second kappa shape index (κ2) is 3.65. The van der Waals surface area contributed by atoms with Gasteiger partial charge in [-0.05, 0) is 6.92 Å². The Balaban J connectivity index is 2.74. The first-order valence-electron chi connectivity index (χ1n) is 3.56. The van der Waals surface area contributed by atoms with Crippen LogP contribution in [-0.4, -0.2) is 21.1 Å². The van der Waals surface area contributed by atoms with E-state index in [1.807, 2.05) is 0 Å². The van der Waals surface area contributed by atoms with Crippen LogP contribution in [0.25, 0.3) is 0 Å². The van der Waals surface area contributed by atoms with E-state index >= 15 is 0 Å². The van der Waals surface area contributed by atoms with Crippen LogP contribution in [0.2, 0.25) is 0 Å². The number of nitrogens with one attached hydrogen (secondary N) is 3. The lowest BCUT2D eigenvalue weighted by atomic mass is 10.5. The quantitative estimate of drug-likeness (QED) is 0.507. The molecule has 1 aromatic heterocycles. The fourth-order valence-electron chi connectivity index (χ4n) is 0.597. The number of aromatic nitrogens is 3. The van der Waals surface area contributed by atoms with Crippen LogP contribution in [0.4, 0.5) is 5.95 Å². The highest BCUT2D eigenvalue weighted by atomic mass is 16.2. The van der Waals surface area contributed by atoms with Crippen molar-refractivity contribution in [3.8, 4) is 0 Å². The zero-order valence-electron chi connectivity index (χ0n) is 7.21. The lowest BCUT2D eigenvalue weighted by Gasteiger charge is -2.03. The molecule has 0 unspecified atom stereocenters. The maximum absolute atomic E-state index is 11.0. The normalized spacial score (nSPS) is 9.38. The third-order valence-corrected chi connectivity index (χ3v) is 1.22. The Morgan fingerprint density at radius 3 is 2.69 bits per heavy atom. The van der Waals surface area contributed by atoms with E-state index < -0.39 is 0 Å². The van der Waals surface area contributed by atoms with Crippen LogP contribution in [0.1, 0.15) is 12.6 Å². The van der Waals surface area contributed by atoms with E-state index in [0.717, 1.165) is 0 Å². The van der Waals surface area contributed by atoms with Gasteiger partial charge in [0.25, 0.3) is 5.56 Å². The summed E-state index contributed by atoms with van der Waals surface area (Å²) < 4.78 is 0. The summed E-state index contributed by atoms with van der Waals surface area (Å²) in [7, 11) is 0. The minimum absolute atomic E-state index is 0.103. The minimum atomic E-state index is -0.345. The highest BCUT2D eigenvalue weighted by molar-refractivity contribution is 5.73. The summed E-state index contributed by atoms with van der Waals surface area (Å²) >= 11 is 0. The molecule has 3 N–H and O–H groups in total. The summed E-state index contributed by atoms with van der Waals surface area (Å²) in [6, 6.07) is 0. The van der Waals surface area contributed by atoms with Gasteiger partial charge < -0.3 is 0 Å². The number of hydrazine groups is 1. The van der Waals surface area contributed by atoms with Crippen LogP contribution in [0.5, 0.6) is 0 Å². The van der Waals surface area contributed by atoms with Crippen molar-refractivity contribution < 1.29 is 4.79 Å². The number of hydrogen-bond acceptors (Lipinski definition) is 5. The second-order valence-corrected chi connectivity index (χ2v) is 2.39. The number of aromatic amines is 1. The first kappa shape index (κ1) is 9.17. The number of H-pyrrole nitrogens is 1. The van der Waals surface area contributed by atoms with Gasteiger partial charge in [0.15, 0.2) is 0 Å². The number of hydrogen-bond donors (Lipinski definition) is 3. The Labute approximate surface area is 73.5 Å². The van der Waals surface area contributed by atoms with Crippen molar-refractivity contribution in [3.05, 3.63) is 16.0 Å². The first-order chi connectivity index (χ1) is 6.09. The van der Waals surface area contributed by atoms with Gasteiger partial charge in [0.05, 0.1) is 0 Å². The van der Waals surface area contributed by atoms with Crippen molar-refractivity contribution in [2.24, 2.45) is 0 Å². The number of anilines is 1. The van der Waals surface area contributed by atoms with Crippen LogP contribution in [0, 0.1) is 6.92 Å². The molecule has 7 nitrogen and oxygen atoms in total. The van der Waals surface area contributed by atoms with Gasteiger partial charge >= 0.3 is 0 Å². The Morgan fingerprint density at radius 2 is 2.15 bits per heavy atom. The maximum atomic E-state index is 11.0. The molecule has 0 aromatic carbocycles. The fourth-order valence-corrected chi connectivity index (χ4v) is 0.597. The Hall–Kier alpha value is -1.92. The predicted octanol–water partition coefficient (Wildman–Crippen LogP) is -1.06. The van der Waals surface area contributed by atoms with Crippen molar-refractivity contribution in [2.75, 3.05) is 5.43 Å². The molecule has 0 saturated heterocycles. The molecule has 0 fully saturated rings. The van der Waals surface area contributed by atoms with E-state index in [2.05, 4.69) is 26.0 Å². The van der Waals surface area contributed by atoms with E-state index in [0.29, 0.717) is 0 Å². The SMILES string of the molecule is CC(=O)NNc1nnc(C)c(=O)[nH]1. The number of rotatable bonds is 2. The van der Waals surface area contributed by atoms with E-state index in [-0.39, 0.29) is 23.1 Å². The molecule has 0 bridgehead atoms. The molecule has 0 saturated carbocycles. The summed E-state index contributed by atoms with van der Waals surface area (Å²) in [6.07, 6.45) is 0. The number of carbonyl (C=O) groups is 1. The molecule has 0 aliphatic rings. The molecule has 13 heavy (non-hydrogen) atoms. The molecular formula is C6H9N5O2. The zero-order chi connectivity index (χ0) is 9.84. The van der Waals surface area contributed by atoms with E-state index in [9.17, 15) is 9.59 Å². The van der Waals surface area contributed by atoms with Gasteiger partial charge in [-0.3, -0.25) is 25.4 Å². The molecule has 0 atom stereocenters. The number of carbonyl (C=O) groups excluding carboxylic acids is 1. The summed E-state index contributed by atoms with van der Waals surface area (Å²) in [4.78, 5) is 23.8. The molecule has 0 radical (unpaired) electrons. The average molecular weight is 183 g/mol. The summed E-state index contributed by atoms with van der Waals surface area (Å²) in [5.74, 6) is -0.186. The molecule has 0 aliphatic heterocycles. The number of amides is 1. The van der Waals surface area contributed by atoms with Gasteiger partial charge in [0.2, 0.25) is 11.9 Å². The Morgan fingerprint density at radius 1 is 1.46 bits per heavy atom. The molecule has 0 spiro atoms. The van der Waals surface area contributed by atoms with Gasteiger partial charge in [0, 0.05) is 6.92 Å². The average Bonchev–Trinajstić information content (AvgIpc) is 2.07. The lowest BCUT2D eigenvalue weighted by molar-refractivity contribution is -0.118. The third-order valence-electron chi connectivity index (χ3n) is 1.22. The Bertz CT molecular complexity index is 372. The maximum Gasteiger partial charge on any atom is 0.274 e. The summed E-state index contributed by atoms with van der Waals surface area (Å²) in [5.41, 5.74) is 4.56. The number of aryl methyl sites for hydroxylation is 1. The van der Waals surface area contributed by atoms with Crippen LogP contribution >= 0.6 is 0 Å². The fraction of sp³-hybridized carbons (Fsp3) is 0.333. The van der Waals surface area contributed by atoms with Gasteiger partial charge in [-0.1, -0.05) is 0 Å². The second-order valence-electron chi connectivity index (χ2n) is 2.39. The standard InChI is InChI=1S/C6H9N5O2/c1-3-5(13)7-6(10-8-3)11-9-4(2)12/h1-2H3,(H,9,12)(H2,7,10,11,13). The summed E-state index contributed by atoms with van der Waals surface area (Å²) in [5, 5.41) is 7.13. The topological polar surface area (TPSA) is 99.8 Å². The summed E-state index contributed by atoms with van der Waals surface area (Å²) in [6.45, 7) is 2.86. The van der Waals surface area contributed by atoms with E-state index in [4.69, 9.17) is 0 Å². The highest BCUT2D eigenvalue weighted by Gasteiger charge is 1.98. The predicted molar refractivity (Wildman–Crippen MR) is 44.8 cm³/mol. The zero-order valence-corrected chi connectivity index (χ0v) is 7.21. The monoisotopic (exact) mass is 183 g/mol. The Kier molecular flexibility index (Phi) is 2.58. The highest BCUT2D eigenvalue weighted by Crippen LogP contribution is 1.86. The van der Waals surface area contributed by atoms with Gasteiger partial charge in [-0.25, -0.2) is 0 Å². The molecule has 1 heterocycles. The van der Waals surface area contributed by atoms with Crippen LogP contribution in [-0.2, 0) is 4.79 Å². The minimum Gasteiger partial charge on any atom is -0.288 e. The largest absolute Gasteiger partial charge is 0.288 e. The molecular weight excluding hydrogens is 174 g/mol. The molecule has 7 heteroatoms. The van der Waals surface area contributed by atoms with Crippen molar-refractivity contribution in [2.45, 2.75) is 13.8 Å². The van der Waals surface area contributed by atoms with Gasteiger partial charge in [0.1, 0.15) is 5.69 Å². The van der Waals surface area contributed by atoms with Gasteiger partial charge in [-0.2, -0.15) is 0 Å². The van der Waals surface area contributed by atoms with Crippen molar-refractivity contribution in [1.29, 1.82) is 0 Å². The molecule has 0 aliphatic carbocycles. The van der Waals surface area contributed by atoms with Crippen LogP contribution < -0.4 is 16.4 Å². The molecule has 1 rings (SSSR count). The smallest absolute Gasteiger partial charge is 0.274 e.